The molecule has 0 bridgehead atoms. The quantitative estimate of drug-likeness (QED) is 0.623. The molecule has 4 nitrogen and oxygen atoms in total. The van der Waals surface area contributed by atoms with E-state index in [9.17, 15) is 4.79 Å². The van der Waals surface area contributed by atoms with Gasteiger partial charge < -0.3 is 4.42 Å². The van der Waals surface area contributed by atoms with Gasteiger partial charge in [-0.05, 0) is 38.4 Å². The van der Waals surface area contributed by atoms with E-state index in [4.69, 9.17) is 16.0 Å². The summed E-state index contributed by atoms with van der Waals surface area (Å²) in [6.07, 6.45) is 2.84. The normalized spacial score (nSPS) is 11.8. The first kappa shape index (κ1) is 11.9. The molecule has 90 valence electrons. The molecule has 0 radical (unpaired) electrons. The molecule has 0 fully saturated rings. The molecule has 0 aliphatic heterocycles. The fourth-order valence-electron chi connectivity index (χ4n) is 1.93. The lowest BCUT2D eigenvalue weighted by molar-refractivity contribution is -0.107. The highest BCUT2D eigenvalue weighted by atomic mass is 35.5. The summed E-state index contributed by atoms with van der Waals surface area (Å²) >= 11 is 5.24. The Morgan fingerprint density at radius 2 is 2.24 bits per heavy atom. The Balaban J connectivity index is 2.55. The summed E-state index contributed by atoms with van der Waals surface area (Å²) in [6.45, 7) is 6.78. The number of hydrogen-bond donors (Lipinski definition) is 0. The third-order valence-corrected chi connectivity index (χ3v) is 2.92. The van der Waals surface area contributed by atoms with Gasteiger partial charge in [-0.2, -0.15) is 0 Å². The largest absolute Gasteiger partial charge is 0.437 e. The van der Waals surface area contributed by atoms with Crippen molar-refractivity contribution in [2.24, 2.45) is 0 Å². The van der Waals surface area contributed by atoms with Crippen LogP contribution in [0.15, 0.2) is 10.5 Å². The van der Waals surface area contributed by atoms with Gasteiger partial charge in [0, 0.05) is 23.9 Å². The van der Waals surface area contributed by atoms with Gasteiger partial charge in [0.15, 0.2) is 0 Å². The number of carbonyl (C=O) groups excluding carboxylic acids is 1. The van der Waals surface area contributed by atoms with Crippen LogP contribution in [-0.4, -0.2) is 15.0 Å². The number of furan rings is 1. The van der Waals surface area contributed by atoms with Gasteiger partial charge in [-0.25, -0.2) is 0 Å². The van der Waals surface area contributed by atoms with E-state index in [1.54, 1.807) is 6.08 Å². The Hall–Kier alpha value is -1.55. The summed E-state index contributed by atoms with van der Waals surface area (Å²) in [7, 11) is 0. The summed E-state index contributed by atoms with van der Waals surface area (Å²) in [6, 6.07) is 0. The van der Waals surface area contributed by atoms with Gasteiger partial charge in [0.05, 0.1) is 5.39 Å². The molecule has 0 saturated carbocycles. The zero-order valence-electron chi connectivity index (χ0n) is 9.95. The maximum absolute atomic E-state index is 10.7. The molecule has 0 aliphatic carbocycles. The fourth-order valence-corrected chi connectivity index (χ4v) is 2.00. The first-order valence-corrected chi connectivity index (χ1v) is 5.76. The highest BCUT2D eigenvalue weighted by Gasteiger charge is 2.16. The van der Waals surface area contributed by atoms with E-state index in [1.165, 1.54) is 6.08 Å². The minimum absolute atomic E-state index is 0.520. The van der Waals surface area contributed by atoms with Gasteiger partial charge in [-0.1, -0.05) is 0 Å². The monoisotopic (exact) mass is 252 g/mol. The Bertz CT molecular complexity index is 608. The average Bonchev–Trinajstić information content (AvgIpc) is 2.75. The molecule has 0 saturated heterocycles. The molecule has 5 heteroatoms. The van der Waals surface area contributed by atoms with Crippen LogP contribution in [0.5, 0.6) is 0 Å². The van der Waals surface area contributed by atoms with Crippen LogP contribution in [0, 0.1) is 13.8 Å². The van der Waals surface area contributed by atoms with E-state index < -0.39 is 5.24 Å². The summed E-state index contributed by atoms with van der Waals surface area (Å²) in [4.78, 5) is 10.7. The van der Waals surface area contributed by atoms with Gasteiger partial charge in [-0.15, -0.1) is 5.10 Å². The van der Waals surface area contributed by atoms with Crippen molar-refractivity contribution in [2.45, 2.75) is 27.3 Å². The summed E-state index contributed by atoms with van der Waals surface area (Å²) in [5.74, 6) is 0.628. The average molecular weight is 253 g/mol. The molecule has 0 spiro atoms. The molecule has 0 unspecified atom stereocenters. The van der Waals surface area contributed by atoms with Crippen LogP contribution in [0.1, 0.15) is 23.9 Å². The predicted molar refractivity (Wildman–Crippen MR) is 67.0 cm³/mol. The van der Waals surface area contributed by atoms with Crippen molar-refractivity contribution < 1.29 is 9.21 Å². The third kappa shape index (κ3) is 2.00. The molecule has 2 aromatic heterocycles. The van der Waals surface area contributed by atoms with Crippen LogP contribution in [0.2, 0.25) is 0 Å². The maximum Gasteiger partial charge on any atom is 0.246 e. The van der Waals surface area contributed by atoms with Crippen molar-refractivity contribution in [3.63, 3.8) is 0 Å². The van der Waals surface area contributed by atoms with E-state index in [-0.39, 0.29) is 0 Å². The Morgan fingerprint density at radius 1 is 1.53 bits per heavy atom. The van der Waals surface area contributed by atoms with E-state index in [2.05, 4.69) is 5.10 Å². The van der Waals surface area contributed by atoms with Crippen LogP contribution in [0.4, 0.5) is 0 Å². The second-order valence-electron chi connectivity index (χ2n) is 3.81. The predicted octanol–water partition coefficient (Wildman–Crippen LogP) is 3.04. The molecule has 0 amide bonds. The van der Waals surface area contributed by atoms with Gasteiger partial charge in [-0.3, -0.25) is 9.48 Å². The highest BCUT2D eigenvalue weighted by Crippen LogP contribution is 2.28. The molecule has 0 aromatic carbocycles. The molecule has 2 rings (SSSR count). The van der Waals surface area contributed by atoms with Crippen molar-refractivity contribution in [1.29, 1.82) is 0 Å². The number of aryl methyl sites for hydroxylation is 3. The number of allylic oxidation sites excluding steroid dienone is 1. The first-order chi connectivity index (χ1) is 8.04. The molecule has 2 heterocycles. The lowest BCUT2D eigenvalue weighted by Crippen LogP contribution is -1.98. The maximum atomic E-state index is 10.7. The van der Waals surface area contributed by atoms with Crippen LogP contribution >= 0.6 is 11.6 Å². The molecule has 0 atom stereocenters. The zero-order chi connectivity index (χ0) is 12.6. The smallest absolute Gasteiger partial charge is 0.246 e. The topological polar surface area (TPSA) is 48.0 Å². The van der Waals surface area contributed by atoms with Gasteiger partial charge in [0.1, 0.15) is 5.76 Å². The summed E-state index contributed by atoms with van der Waals surface area (Å²) in [5, 5.41) is 4.83. The molecule has 2 aromatic rings. The lowest BCUT2D eigenvalue weighted by Gasteiger charge is -1.98. The Labute approximate surface area is 104 Å². The Kier molecular flexibility index (Phi) is 3.07. The van der Waals surface area contributed by atoms with Crippen LogP contribution in [0.25, 0.3) is 17.2 Å². The second kappa shape index (κ2) is 4.37. The highest BCUT2D eigenvalue weighted by molar-refractivity contribution is 6.66. The number of rotatable bonds is 3. The fraction of sp³-hybridized carbons (Fsp3) is 0.333. The molecule has 0 aliphatic rings. The Morgan fingerprint density at radius 3 is 2.76 bits per heavy atom. The van der Waals surface area contributed by atoms with Crippen molar-refractivity contribution >= 4 is 34.0 Å². The van der Waals surface area contributed by atoms with Crippen LogP contribution in [-0.2, 0) is 11.3 Å². The van der Waals surface area contributed by atoms with E-state index >= 15 is 0 Å². The number of halogens is 1. The van der Waals surface area contributed by atoms with Crippen LogP contribution in [0.3, 0.4) is 0 Å². The third-order valence-electron chi connectivity index (χ3n) is 2.79. The van der Waals surface area contributed by atoms with E-state index in [1.807, 2.05) is 25.5 Å². The van der Waals surface area contributed by atoms with E-state index in [0.29, 0.717) is 11.5 Å². The van der Waals surface area contributed by atoms with Gasteiger partial charge in [0.2, 0.25) is 11.0 Å². The molecule has 0 N–H and O–H groups in total. The first-order valence-electron chi connectivity index (χ1n) is 5.38. The molecule has 17 heavy (non-hydrogen) atoms. The van der Waals surface area contributed by atoms with Gasteiger partial charge >= 0.3 is 0 Å². The number of aromatic nitrogens is 2. The number of fused-ring (bicyclic) bond motifs is 1. The van der Waals surface area contributed by atoms with Crippen molar-refractivity contribution in [3.8, 4) is 0 Å². The standard InChI is InChI=1S/C12H13ClN2O2/c1-4-15-8(3)11-7(2)9(5-6-10(13)16)17-12(11)14-15/h5-6H,4H2,1-3H3/b6-5+. The summed E-state index contributed by atoms with van der Waals surface area (Å²) in [5.41, 5.74) is 2.65. The van der Waals surface area contributed by atoms with E-state index in [0.717, 1.165) is 23.2 Å². The van der Waals surface area contributed by atoms with Gasteiger partial charge in [0.25, 0.3) is 0 Å². The van der Waals surface area contributed by atoms with Crippen molar-refractivity contribution in [2.75, 3.05) is 0 Å². The number of nitrogens with zero attached hydrogens (tertiary/aromatic N) is 2. The van der Waals surface area contributed by atoms with Crippen LogP contribution < -0.4 is 0 Å². The molecular formula is C12H13ClN2O2. The van der Waals surface area contributed by atoms with Crippen molar-refractivity contribution in [3.05, 3.63) is 23.1 Å². The minimum Gasteiger partial charge on any atom is -0.437 e. The lowest BCUT2D eigenvalue weighted by atomic mass is 10.2. The molecular weight excluding hydrogens is 240 g/mol. The second-order valence-corrected chi connectivity index (χ2v) is 4.18. The summed E-state index contributed by atoms with van der Waals surface area (Å²) < 4.78 is 7.47. The zero-order valence-corrected chi connectivity index (χ0v) is 10.7. The SMILES string of the molecule is CCn1nc2oc(/C=C/C(=O)Cl)c(C)c2c1C. The number of hydrogen-bond acceptors (Lipinski definition) is 3. The van der Waals surface area contributed by atoms with Crippen molar-refractivity contribution in [1.82, 2.24) is 9.78 Å². The number of carbonyl (C=O) groups is 1. The minimum atomic E-state index is -0.520.